The number of benzene rings is 2. The molecule has 3 aromatic carbocycles. The molecule has 0 aliphatic carbocycles. The molecule has 0 heterocycles. The van der Waals surface area contributed by atoms with Gasteiger partial charge in [0.1, 0.15) is 0 Å². The number of hydrogen-bond donors (Lipinski definition) is 0. The minimum atomic E-state index is 0. The predicted molar refractivity (Wildman–Crippen MR) is 89.9 cm³/mol. The summed E-state index contributed by atoms with van der Waals surface area (Å²) in [6.45, 7) is 2.25. The maximum atomic E-state index is 2.29. The predicted octanol–water partition coefficient (Wildman–Crippen LogP) is -3.45. The summed E-state index contributed by atoms with van der Waals surface area (Å²) >= 11 is 0. The molecule has 0 aliphatic rings. The van der Waals surface area contributed by atoms with E-state index in [4.69, 9.17) is 0 Å². The van der Waals surface area contributed by atoms with E-state index in [-0.39, 0.29) is 58.9 Å². The monoisotopic (exact) mass is 426 g/mol. The van der Waals surface area contributed by atoms with Crippen molar-refractivity contribution in [1.82, 2.24) is 0 Å². The van der Waals surface area contributed by atoms with Crippen molar-refractivity contribution >= 4 is 0 Å². The maximum absolute atomic E-state index is 2.29. The van der Waals surface area contributed by atoms with Crippen LogP contribution < -0.4 is 37.2 Å². The van der Waals surface area contributed by atoms with Gasteiger partial charge in [-0.05, 0) is 17.0 Å². The Morgan fingerprint density at radius 1 is 0.720 bits per heavy atom. The second kappa shape index (κ2) is 13.6. The molecule has 4 heteroatoms. The molecule has 0 N–H and O–H groups in total. The molecule has 0 fully saturated rings. The molecule has 0 radical (unpaired) electrons. The number of halogens is 3. The summed E-state index contributed by atoms with van der Waals surface area (Å²) in [4.78, 5) is 0. The Labute approximate surface area is 184 Å². The molecule has 0 spiro atoms. The summed E-state index contributed by atoms with van der Waals surface area (Å²) in [6, 6.07) is 28.4. The molecular weight excluding hydrogens is 406 g/mol. The average molecular weight is 428 g/mol. The van der Waals surface area contributed by atoms with Crippen LogP contribution in [0.5, 0.6) is 0 Å². The zero-order valence-electron chi connectivity index (χ0n) is 14.1. The van der Waals surface area contributed by atoms with Crippen molar-refractivity contribution in [3.05, 3.63) is 101 Å². The Balaban J connectivity index is 0. The van der Waals surface area contributed by atoms with Gasteiger partial charge in [-0.3, -0.25) is 0 Å². The van der Waals surface area contributed by atoms with E-state index in [0.717, 1.165) is 6.42 Å². The van der Waals surface area contributed by atoms with Crippen molar-refractivity contribution in [3.8, 4) is 0 Å². The molecule has 0 nitrogen and oxygen atoms in total. The van der Waals surface area contributed by atoms with Crippen molar-refractivity contribution in [1.29, 1.82) is 0 Å². The SMILES string of the molecule is CCCc1ccc[c-]1C(c1ccccc1)c1ccccc1.[Cl-].[Cl-].[Cl-].[Ti+4]. The fraction of sp³-hybridized carbons (Fsp3) is 0.190. The molecule has 0 aromatic heterocycles. The number of aryl methyl sites for hydroxylation is 1. The van der Waals surface area contributed by atoms with Crippen molar-refractivity contribution in [2.24, 2.45) is 0 Å². The number of hydrogen-bond acceptors (Lipinski definition) is 0. The second-order valence-electron chi connectivity index (χ2n) is 5.51. The van der Waals surface area contributed by atoms with Gasteiger partial charge in [0, 0.05) is 0 Å². The third kappa shape index (κ3) is 6.55. The fourth-order valence-electron chi connectivity index (χ4n) is 3.09. The molecule has 0 aliphatic heterocycles. The van der Waals surface area contributed by atoms with Crippen molar-refractivity contribution < 1.29 is 58.9 Å². The Kier molecular flexibility index (Phi) is 14.4. The maximum Gasteiger partial charge on any atom is 4.00 e. The molecule has 0 amide bonds. The first-order valence-electron chi connectivity index (χ1n) is 7.74. The van der Waals surface area contributed by atoms with Crippen LogP contribution >= 0.6 is 0 Å². The van der Waals surface area contributed by atoms with Crippen LogP contribution in [0.2, 0.25) is 0 Å². The van der Waals surface area contributed by atoms with E-state index in [1.165, 1.54) is 28.7 Å². The largest absolute Gasteiger partial charge is 4.00 e. The standard InChI is InChI=1S/C21H21.3ClH.Ti/c1-2-10-17-15-9-16-20(17)21(18-11-5-3-6-12-18)19-13-7-4-8-14-19;;;;/h3-9,11-16,21H,2,10H2,1H3;3*1H;/q-1;;;;+4/p-3. The van der Waals surface area contributed by atoms with Gasteiger partial charge < -0.3 is 37.2 Å². The van der Waals surface area contributed by atoms with Crippen LogP contribution in [0.25, 0.3) is 0 Å². The Morgan fingerprint density at radius 3 is 1.64 bits per heavy atom. The summed E-state index contributed by atoms with van der Waals surface area (Å²) < 4.78 is 0. The first-order valence-corrected chi connectivity index (χ1v) is 7.74. The zero-order chi connectivity index (χ0) is 14.5. The molecule has 0 bridgehead atoms. The molecule has 3 aromatic rings. The van der Waals surface area contributed by atoms with Crippen LogP contribution in [-0.4, -0.2) is 0 Å². The molecule has 25 heavy (non-hydrogen) atoms. The van der Waals surface area contributed by atoms with E-state index in [1.54, 1.807) is 0 Å². The van der Waals surface area contributed by atoms with Crippen molar-refractivity contribution in [3.63, 3.8) is 0 Å². The van der Waals surface area contributed by atoms with Crippen LogP contribution in [0, 0.1) is 0 Å². The van der Waals surface area contributed by atoms with Gasteiger partial charge in [-0.25, -0.2) is 12.1 Å². The van der Waals surface area contributed by atoms with E-state index in [9.17, 15) is 0 Å². The smallest absolute Gasteiger partial charge is 1.00 e. The summed E-state index contributed by atoms with van der Waals surface area (Å²) in [5, 5.41) is 0. The summed E-state index contributed by atoms with van der Waals surface area (Å²) in [6.07, 6.45) is 2.34. The first-order chi connectivity index (χ1) is 10.4. The van der Waals surface area contributed by atoms with Crippen LogP contribution in [0.4, 0.5) is 0 Å². The zero-order valence-corrected chi connectivity index (χ0v) is 18.0. The van der Waals surface area contributed by atoms with Gasteiger partial charge in [0.15, 0.2) is 0 Å². The molecule has 0 saturated carbocycles. The third-order valence-corrected chi connectivity index (χ3v) is 4.04. The minimum Gasteiger partial charge on any atom is -1.00 e. The van der Waals surface area contributed by atoms with Crippen molar-refractivity contribution in [2.45, 2.75) is 25.7 Å². The summed E-state index contributed by atoms with van der Waals surface area (Å²) in [7, 11) is 0. The van der Waals surface area contributed by atoms with Gasteiger partial charge in [-0.15, -0.1) is 5.56 Å². The quantitative estimate of drug-likeness (QED) is 0.294. The minimum absolute atomic E-state index is 0. The van der Waals surface area contributed by atoms with Gasteiger partial charge in [-0.1, -0.05) is 80.4 Å². The summed E-state index contributed by atoms with van der Waals surface area (Å²) in [5.41, 5.74) is 5.67. The molecule has 3 rings (SSSR count). The van der Waals surface area contributed by atoms with E-state index >= 15 is 0 Å². The normalized spacial score (nSPS) is 9.20. The van der Waals surface area contributed by atoms with Crippen LogP contribution in [0.1, 0.15) is 41.5 Å². The molecule has 0 saturated heterocycles. The molecule has 0 unspecified atom stereocenters. The van der Waals surface area contributed by atoms with Gasteiger partial charge in [0.05, 0.1) is 0 Å². The number of rotatable bonds is 5. The topological polar surface area (TPSA) is 0 Å². The van der Waals surface area contributed by atoms with Gasteiger partial charge in [0.2, 0.25) is 0 Å². The van der Waals surface area contributed by atoms with Gasteiger partial charge >= 0.3 is 21.7 Å². The fourth-order valence-corrected chi connectivity index (χ4v) is 3.09. The summed E-state index contributed by atoms with van der Waals surface area (Å²) in [5.74, 6) is 0.337. The Hall–Kier alpha value is -0.626. The van der Waals surface area contributed by atoms with Crippen LogP contribution in [0.15, 0.2) is 78.9 Å². The Morgan fingerprint density at radius 2 is 1.20 bits per heavy atom. The second-order valence-corrected chi connectivity index (χ2v) is 5.51. The van der Waals surface area contributed by atoms with E-state index < -0.39 is 0 Å². The molecule has 0 atom stereocenters. The van der Waals surface area contributed by atoms with Gasteiger partial charge in [-0.2, -0.15) is 11.6 Å². The van der Waals surface area contributed by atoms with Gasteiger partial charge in [0.25, 0.3) is 0 Å². The van der Waals surface area contributed by atoms with Crippen LogP contribution in [-0.2, 0) is 28.1 Å². The van der Waals surface area contributed by atoms with E-state index in [0.29, 0.717) is 5.92 Å². The molecule has 130 valence electrons. The third-order valence-electron chi connectivity index (χ3n) is 4.04. The van der Waals surface area contributed by atoms with E-state index in [1.807, 2.05) is 0 Å². The first kappa shape index (κ1) is 26.6. The molecular formula is C21H21Cl3Ti. The average Bonchev–Trinajstić information content (AvgIpc) is 2.98. The Bertz CT molecular complexity index is 641. The van der Waals surface area contributed by atoms with E-state index in [2.05, 4.69) is 85.8 Å². The van der Waals surface area contributed by atoms with Crippen LogP contribution in [0.3, 0.4) is 0 Å². The van der Waals surface area contributed by atoms with Crippen molar-refractivity contribution in [2.75, 3.05) is 0 Å².